The Kier molecular flexibility index (Phi) is 3.28. The van der Waals surface area contributed by atoms with Gasteiger partial charge in [-0.25, -0.2) is 0 Å². The van der Waals surface area contributed by atoms with Gasteiger partial charge in [-0.2, -0.15) is 0 Å². The summed E-state index contributed by atoms with van der Waals surface area (Å²) in [7, 11) is 3.50. The van der Waals surface area contributed by atoms with E-state index in [9.17, 15) is 0 Å². The summed E-state index contributed by atoms with van der Waals surface area (Å²) in [6.45, 7) is 2.25. The van der Waals surface area contributed by atoms with Crippen LogP contribution in [0.4, 0.5) is 0 Å². The van der Waals surface area contributed by atoms with Crippen molar-refractivity contribution < 1.29 is 0 Å². The van der Waals surface area contributed by atoms with Gasteiger partial charge in [0.25, 0.3) is 0 Å². The monoisotopic (exact) mass is 144 g/mol. The highest BCUT2D eigenvalue weighted by Crippen LogP contribution is 2.15. The van der Waals surface area contributed by atoms with Crippen LogP contribution >= 0.6 is 0 Å². The number of rotatable bonds is 3. The van der Waals surface area contributed by atoms with Crippen molar-refractivity contribution in [1.82, 2.24) is 0 Å². The lowest BCUT2D eigenvalue weighted by molar-refractivity contribution is 0.879. The molecular weight excluding hydrogens is 130 g/mol. The van der Waals surface area contributed by atoms with Gasteiger partial charge in [0.15, 0.2) is 0 Å². The second-order valence-electron chi connectivity index (χ2n) is 2.92. The number of benzene rings is 1. The standard InChI is InChI=1S/C9H14B2/c1-2-9(11-10)8-6-4-3-5-7-8/h3-7,9,11H,2,10H2,1H3. The largest absolute Gasteiger partial charge is 0.0916 e. The summed E-state index contributed by atoms with van der Waals surface area (Å²) >= 11 is 0. The summed E-state index contributed by atoms with van der Waals surface area (Å²) in [5.41, 5.74) is 1.48. The van der Waals surface area contributed by atoms with Gasteiger partial charge in [0.05, 0.1) is 14.9 Å². The van der Waals surface area contributed by atoms with Gasteiger partial charge < -0.3 is 0 Å². The number of hydrogen-bond acceptors (Lipinski definition) is 0. The van der Waals surface area contributed by atoms with Crippen LogP contribution in [0.3, 0.4) is 0 Å². The lowest BCUT2D eigenvalue weighted by Crippen LogP contribution is -2.06. The minimum Gasteiger partial charge on any atom is -0.0655 e. The van der Waals surface area contributed by atoms with E-state index in [0.717, 1.165) is 5.82 Å². The van der Waals surface area contributed by atoms with Crippen molar-refractivity contribution in [3.05, 3.63) is 35.9 Å². The Hall–Kier alpha value is -0.650. The fourth-order valence-electron chi connectivity index (χ4n) is 1.49. The Balaban J connectivity index is 2.74. The van der Waals surface area contributed by atoms with Crippen LogP contribution in [0, 0.1) is 0 Å². The first kappa shape index (κ1) is 8.45. The van der Waals surface area contributed by atoms with Crippen molar-refractivity contribution in [3.8, 4) is 0 Å². The molecule has 0 fully saturated rings. The molecule has 56 valence electrons. The second kappa shape index (κ2) is 4.27. The van der Waals surface area contributed by atoms with Gasteiger partial charge in [-0.05, 0) is 5.82 Å². The van der Waals surface area contributed by atoms with Crippen LogP contribution < -0.4 is 0 Å². The molecule has 2 heteroatoms. The second-order valence-corrected chi connectivity index (χ2v) is 2.92. The molecule has 0 aliphatic rings. The van der Waals surface area contributed by atoms with Gasteiger partial charge in [0, 0.05) is 0 Å². The van der Waals surface area contributed by atoms with Crippen LogP contribution in [-0.2, 0) is 0 Å². The molecule has 0 aliphatic heterocycles. The lowest BCUT2D eigenvalue weighted by atomic mass is 9.45. The molecule has 1 atom stereocenters. The first-order chi connectivity index (χ1) is 5.38. The molecule has 1 unspecified atom stereocenters. The quantitative estimate of drug-likeness (QED) is 0.557. The molecule has 11 heavy (non-hydrogen) atoms. The van der Waals surface area contributed by atoms with Gasteiger partial charge >= 0.3 is 0 Å². The van der Waals surface area contributed by atoms with Crippen molar-refractivity contribution >= 4 is 14.9 Å². The highest BCUT2D eigenvalue weighted by atomic mass is 14.0. The Bertz CT molecular complexity index is 192. The zero-order valence-electron chi connectivity index (χ0n) is 7.38. The highest BCUT2D eigenvalue weighted by Gasteiger charge is 2.05. The van der Waals surface area contributed by atoms with Gasteiger partial charge in [-0.15, -0.1) is 0 Å². The zero-order chi connectivity index (χ0) is 8.10. The predicted octanol–water partition coefficient (Wildman–Crippen LogP) is 1.12. The molecule has 0 N–H and O–H groups in total. The summed E-state index contributed by atoms with van der Waals surface area (Å²) in [5.74, 6) is 0.760. The molecule has 0 radical (unpaired) electrons. The van der Waals surface area contributed by atoms with E-state index < -0.39 is 0 Å². The molecule has 0 aliphatic carbocycles. The first-order valence-corrected chi connectivity index (χ1v) is 4.43. The van der Waals surface area contributed by atoms with Gasteiger partial charge in [-0.1, -0.05) is 49.2 Å². The van der Waals surface area contributed by atoms with Crippen LogP contribution in [0.15, 0.2) is 30.3 Å². The molecule has 0 bridgehead atoms. The maximum absolute atomic E-state index is 2.25. The van der Waals surface area contributed by atoms with Crippen LogP contribution in [-0.4, -0.2) is 14.9 Å². The van der Waals surface area contributed by atoms with E-state index in [1.54, 1.807) is 0 Å². The summed E-state index contributed by atoms with van der Waals surface area (Å²) in [6.07, 6.45) is 1.25. The Labute approximate surface area is 70.6 Å². The van der Waals surface area contributed by atoms with Gasteiger partial charge in [0.1, 0.15) is 0 Å². The van der Waals surface area contributed by atoms with E-state index in [4.69, 9.17) is 0 Å². The maximum atomic E-state index is 2.25. The molecule has 1 aromatic rings. The Morgan fingerprint density at radius 1 is 1.36 bits per heavy atom. The number of hydrogen-bond donors (Lipinski definition) is 0. The molecule has 0 heterocycles. The van der Waals surface area contributed by atoms with E-state index in [0.29, 0.717) is 0 Å². The summed E-state index contributed by atoms with van der Waals surface area (Å²) in [6, 6.07) is 10.8. The maximum Gasteiger partial charge on any atom is 0.0916 e. The average Bonchev–Trinajstić information content (AvgIpc) is 2.09. The van der Waals surface area contributed by atoms with Crippen molar-refractivity contribution in [1.29, 1.82) is 0 Å². The molecule has 0 nitrogen and oxygen atoms in total. The van der Waals surface area contributed by atoms with E-state index >= 15 is 0 Å². The average molecular weight is 144 g/mol. The SMILES string of the molecule is BBC(CC)c1ccccc1. The fourth-order valence-corrected chi connectivity index (χ4v) is 1.49. The smallest absolute Gasteiger partial charge is 0.0655 e. The zero-order valence-corrected chi connectivity index (χ0v) is 7.38. The van der Waals surface area contributed by atoms with E-state index in [2.05, 4.69) is 45.0 Å². The molecule has 0 spiro atoms. The first-order valence-electron chi connectivity index (χ1n) is 4.43. The Morgan fingerprint density at radius 2 is 2.00 bits per heavy atom. The third kappa shape index (κ3) is 2.14. The van der Waals surface area contributed by atoms with Gasteiger partial charge in [-0.3, -0.25) is 0 Å². The van der Waals surface area contributed by atoms with Gasteiger partial charge in [0.2, 0.25) is 0 Å². The van der Waals surface area contributed by atoms with Crippen LogP contribution in [0.5, 0.6) is 0 Å². The minimum absolute atomic E-state index is 0.760. The third-order valence-corrected chi connectivity index (χ3v) is 2.26. The molecule has 0 saturated heterocycles. The summed E-state index contributed by atoms with van der Waals surface area (Å²) in [4.78, 5) is 0. The molecule has 0 amide bonds. The minimum atomic E-state index is 0.760. The molecule has 0 aromatic heterocycles. The van der Waals surface area contributed by atoms with Crippen molar-refractivity contribution in [3.63, 3.8) is 0 Å². The lowest BCUT2D eigenvalue weighted by Gasteiger charge is -2.10. The molecule has 1 rings (SSSR count). The fraction of sp³-hybridized carbons (Fsp3) is 0.333. The van der Waals surface area contributed by atoms with Crippen molar-refractivity contribution in [2.24, 2.45) is 0 Å². The Morgan fingerprint density at radius 3 is 2.45 bits per heavy atom. The van der Waals surface area contributed by atoms with Crippen molar-refractivity contribution in [2.45, 2.75) is 19.2 Å². The molecule has 1 aromatic carbocycles. The van der Waals surface area contributed by atoms with Crippen LogP contribution in [0.1, 0.15) is 24.7 Å². The predicted molar refractivity (Wildman–Crippen MR) is 55.2 cm³/mol. The normalized spacial score (nSPS) is 12.5. The topological polar surface area (TPSA) is 0 Å². The molecular formula is C9H14B2. The van der Waals surface area contributed by atoms with Crippen LogP contribution in [0.25, 0.3) is 0 Å². The summed E-state index contributed by atoms with van der Waals surface area (Å²) in [5, 5.41) is 0. The van der Waals surface area contributed by atoms with E-state index in [1.165, 1.54) is 19.2 Å². The summed E-state index contributed by atoms with van der Waals surface area (Å²) < 4.78 is 0. The highest BCUT2D eigenvalue weighted by molar-refractivity contribution is 6.90. The third-order valence-electron chi connectivity index (χ3n) is 2.26. The van der Waals surface area contributed by atoms with E-state index in [-0.39, 0.29) is 0 Å². The van der Waals surface area contributed by atoms with E-state index in [1.807, 2.05) is 0 Å². The van der Waals surface area contributed by atoms with Crippen LogP contribution in [0.2, 0.25) is 0 Å². The molecule has 0 saturated carbocycles. The van der Waals surface area contributed by atoms with Crippen molar-refractivity contribution in [2.75, 3.05) is 0 Å².